The van der Waals surface area contributed by atoms with E-state index in [4.69, 9.17) is 9.52 Å². The van der Waals surface area contributed by atoms with Gasteiger partial charge in [0.25, 0.3) is 0 Å². The molecular formula is C10H12N2O3. The largest absolute Gasteiger partial charge is 0.478 e. The Hall–Kier alpha value is -1.65. The smallest absolute Gasteiger partial charge is 0.328 e. The predicted octanol–water partition coefficient (Wildman–Crippen LogP) is 1.68. The van der Waals surface area contributed by atoms with E-state index in [1.165, 1.54) is 6.08 Å². The molecule has 1 aromatic rings. The fourth-order valence-electron chi connectivity index (χ4n) is 1.49. The van der Waals surface area contributed by atoms with E-state index in [1.54, 1.807) is 0 Å². The Balaban J connectivity index is 2.09. The molecule has 80 valence electrons. The Kier molecular flexibility index (Phi) is 2.10. The van der Waals surface area contributed by atoms with E-state index in [2.05, 4.69) is 24.0 Å². The molecule has 1 unspecified atom stereocenters. The van der Waals surface area contributed by atoms with Crippen molar-refractivity contribution in [2.24, 2.45) is 5.41 Å². The number of hydrogen-bond acceptors (Lipinski definition) is 4. The molecule has 0 radical (unpaired) electrons. The Labute approximate surface area is 86.8 Å². The van der Waals surface area contributed by atoms with Gasteiger partial charge in [-0.05, 0) is 11.8 Å². The maximum atomic E-state index is 10.3. The molecule has 1 N–H and O–H groups in total. The number of aromatic nitrogens is 2. The Bertz CT molecular complexity index is 420. The van der Waals surface area contributed by atoms with Gasteiger partial charge in [0, 0.05) is 18.1 Å². The summed E-state index contributed by atoms with van der Waals surface area (Å²) in [6.45, 7) is 4.27. The minimum Gasteiger partial charge on any atom is -0.478 e. The van der Waals surface area contributed by atoms with Crippen LogP contribution in [0.1, 0.15) is 38.0 Å². The second kappa shape index (κ2) is 3.18. The molecule has 15 heavy (non-hydrogen) atoms. The van der Waals surface area contributed by atoms with Crippen molar-refractivity contribution in [3.8, 4) is 0 Å². The maximum Gasteiger partial charge on any atom is 0.328 e. The van der Waals surface area contributed by atoms with Crippen molar-refractivity contribution in [3.63, 3.8) is 0 Å². The van der Waals surface area contributed by atoms with E-state index in [-0.39, 0.29) is 11.3 Å². The topological polar surface area (TPSA) is 76.2 Å². The van der Waals surface area contributed by atoms with Crippen LogP contribution in [0.25, 0.3) is 6.08 Å². The van der Waals surface area contributed by atoms with Crippen LogP contribution in [0.2, 0.25) is 0 Å². The van der Waals surface area contributed by atoms with E-state index in [9.17, 15) is 4.79 Å². The lowest BCUT2D eigenvalue weighted by molar-refractivity contribution is -0.131. The first-order valence-electron chi connectivity index (χ1n) is 4.73. The zero-order chi connectivity index (χ0) is 11.1. The standard InChI is InChI=1S/C10H12N2O3/c1-10(2)5-6(10)9-12-11-7(15-9)3-4-8(13)14/h3-4,6H,5H2,1-2H3,(H,13,14)/b4-3+. The van der Waals surface area contributed by atoms with Crippen LogP contribution in [0, 0.1) is 5.41 Å². The van der Waals surface area contributed by atoms with Crippen molar-refractivity contribution < 1.29 is 14.3 Å². The van der Waals surface area contributed by atoms with Gasteiger partial charge in [-0.15, -0.1) is 10.2 Å². The van der Waals surface area contributed by atoms with Gasteiger partial charge in [0.1, 0.15) is 0 Å². The zero-order valence-corrected chi connectivity index (χ0v) is 8.60. The molecule has 1 saturated carbocycles. The van der Waals surface area contributed by atoms with Gasteiger partial charge in [-0.1, -0.05) is 13.8 Å². The molecule has 0 saturated heterocycles. The van der Waals surface area contributed by atoms with E-state index < -0.39 is 5.97 Å². The van der Waals surface area contributed by atoms with E-state index in [0.717, 1.165) is 12.5 Å². The first kappa shape index (κ1) is 9.89. The highest BCUT2D eigenvalue weighted by molar-refractivity contribution is 5.84. The third kappa shape index (κ3) is 2.06. The van der Waals surface area contributed by atoms with Crippen molar-refractivity contribution in [2.75, 3.05) is 0 Å². The van der Waals surface area contributed by atoms with Crippen molar-refractivity contribution in [1.82, 2.24) is 10.2 Å². The molecule has 1 fully saturated rings. The lowest BCUT2D eigenvalue weighted by Crippen LogP contribution is -1.89. The van der Waals surface area contributed by atoms with Crippen molar-refractivity contribution in [1.29, 1.82) is 0 Å². The lowest BCUT2D eigenvalue weighted by Gasteiger charge is -1.95. The minimum absolute atomic E-state index is 0.236. The van der Waals surface area contributed by atoms with Crippen LogP contribution < -0.4 is 0 Å². The number of carboxylic acid groups (broad SMARTS) is 1. The van der Waals surface area contributed by atoms with Gasteiger partial charge in [-0.25, -0.2) is 4.79 Å². The summed E-state index contributed by atoms with van der Waals surface area (Å²) in [6.07, 6.45) is 3.32. The van der Waals surface area contributed by atoms with Crippen LogP contribution in [0.4, 0.5) is 0 Å². The number of nitrogens with zero attached hydrogens (tertiary/aromatic N) is 2. The Morgan fingerprint density at radius 2 is 2.27 bits per heavy atom. The van der Waals surface area contributed by atoms with Crippen LogP contribution in [-0.4, -0.2) is 21.3 Å². The highest BCUT2D eigenvalue weighted by Crippen LogP contribution is 2.58. The van der Waals surface area contributed by atoms with Crippen molar-refractivity contribution >= 4 is 12.0 Å². The minimum atomic E-state index is -1.03. The highest BCUT2D eigenvalue weighted by Gasteiger charge is 2.50. The predicted molar refractivity (Wildman–Crippen MR) is 52.1 cm³/mol. The fraction of sp³-hybridized carbons (Fsp3) is 0.500. The molecule has 1 aromatic heterocycles. The molecular weight excluding hydrogens is 196 g/mol. The summed E-state index contributed by atoms with van der Waals surface area (Å²) in [5.74, 6) is 0.138. The van der Waals surface area contributed by atoms with Crippen LogP contribution in [0.3, 0.4) is 0 Å². The summed E-state index contributed by atoms with van der Waals surface area (Å²) in [5.41, 5.74) is 0.236. The highest BCUT2D eigenvalue weighted by atomic mass is 16.4. The number of carboxylic acids is 1. The number of rotatable bonds is 3. The third-order valence-electron chi connectivity index (χ3n) is 2.64. The molecule has 0 aliphatic heterocycles. The second-order valence-electron chi connectivity index (χ2n) is 4.40. The summed E-state index contributed by atoms with van der Waals surface area (Å²) in [7, 11) is 0. The molecule has 0 spiro atoms. The Morgan fingerprint density at radius 1 is 1.60 bits per heavy atom. The summed E-state index contributed by atoms with van der Waals surface area (Å²) >= 11 is 0. The van der Waals surface area contributed by atoms with Crippen LogP contribution in [0.5, 0.6) is 0 Å². The van der Waals surface area contributed by atoms with Crippen LogP contribution >= 0.6 is 0 Å². The quantitative estimate of drug-likeness (QED) is 0.765. The summed E-state index contributed by atoms with van der Waals surface area (Å²) in [6, 6.07) is 0. The first-order valence-corrected chi connectivity index (χ1v) is 4.73. The van der Waals surface area contributed by atoms with Gasteiger partial charge >= 0.3 is 5.97 Å². The lowest BCUT2D eigenvalue weighted by atomic mass is 10.1. The van der Waals surface area contributed by atoms with E-state index in [0.29, 0.717) is 11.8 Å². The fourth-order valence-corrected chi connectivity index (χ4v) is 1.49. The molecule has 5 nitrogen and oxygen atoms in total. The summed E-state index contributed by atoms with van der Waals surface area (Å²) in [4.78, 5) is 10.3. The van der Waals surface area contributed by atoms with Gasteiger partial charge < -0.3 is 9.52 Å². The maximum absolute atomic E-state index is 10.3. The van der Waals surface area contributed by atoms with E-state index in [1.807, 2.05) is 0 Å². The van der Waals surface area contributed by atoms with Crippen LogP contribution in [-0.2, 0) is 4.79 Å². The molecule has 1 atom stereocenters. The zero-order valence-electron chi connectivity index (χ0n) is 8.60. The average Bonchev–Trinajstić information content (AvgIpc) is 2.63. The van der Waals surface area contributed by atoms with E-state index >= 15 is 0 Å². The van der Waals surface area contributed by atoms with Crippen molar-refractivity contribution in [3.05, 3.63) is 17.9 Å². The third-order valence-corrected chi connectivity index (χ3v) is 2.64. The van der Waals surface area contributed by atoms with Gasteiger partial charge in [-0.3, -0.25) is 0 Å². The molecule has 1 aliphatic carbocycles. The number of carbonyl (C=O) groups is 1. The second-order valence-corrected chi connectivity index (χ2v) is 4.40. The number of hydrogen-bond donors (Lipinski definition) is 1. The molecule has 5 heteroatoms. The number of aliphatic carboxylic acids is 1. The van der Waals surface area contributed by atoms with Gasteiger partial charge in [0.15, 0.2) is 0 Å². The molecule has 1 aliphatic rings. The molecule has 1 heterocycles. The summed E-state index contributed by atoms with van der Waals surface area (Å²) < 4.78 is 5.32. The average molecular weight is 208 g/mol. The Morgan fingerprint density at radius 3 is 2.80 bits per heavy atom. The normalized spacial score (nSPS) is 23.2. The van der Waals surface area contributed by atoms with Gasteiger partial charge in [0.05, 0.1) is 0 Å². The monoisotopic (exact) mass is 208 g/mol. The molecule has 0 aromatic carbocycles. The molecule has 0 bridgehead atoms. The molecule has 0 amide bonds. The first-order chi connectivity index (χ1) is 6.99. The van der Waals surface area contributed by atoms with Crippen LogP contribution in [0.15, 0.2) is 10.5 Å². The SMILES string of the molecule is CC1(C)CC1c1nnc(/C=C/C(=O)O)o1. The molecule has 2 rings (SSSR count). The van der Waals surface area contributed by atoms with Gasteiger partial charge in [0.2, 0.25) is 11.8 Å². The summed E-state index contributed by atoms with van der Waals surface area (Å²) in [5, 5.41) is 16.0. The van der Waals surface area contributed by atoms with Crippen molar-refractivity contribution in [2.45, 2.75) is 26.2 Å². The van der Waals surface area contributed by atoms with Gasteiger partial charge in [-0.2, -0.15) is 0 Å².